The summed E-state index contributed by atoms with van der Waals surface area (Å²) in [6, 6.07) is 10.0. The van der Waals surface area contributed by atoms with Gasteiger partial charge in [-0.15, -0.1) is 0 Å². The number of aromatic nitrogens is 5. The Balaban J connectivity index is 1.57. The molecule has 6 heteroatoms. The fraction of sp³-hybridized carbons (Fsp3) is 0.188. The summed E-state index contributed by atoms with van der Waals surface area (Å²) in [5.74, 6) is 1.24. The Bertz CT molecular complexity index is 917. The van der Waals surface area contributed by atoms with Crippen LogP contribution < -0.4 is 0 Å². The molecule has 0 aliphatic carbocycles. The molecule has 110 valence electrons. The Morgan fingerprint density at radius 3 is 3.05 bits per heavy atom. The van der Waals surface area contributed by atoms with Crippen LogP contribution >= 0.6 is 0 Å². The van der Waals surface area contributed by atoms with Crippen LogP contribution in [0.5, 0.6) is 0 Å². The third-order valence-corrected chi connectivity index (χ3v) is 3.63. The predicted octanol–water partition coefficient (Wildman–Crippen LogP) is 2.97. The topological polar surface area (TPSA) is 72.5 Å². The maximum atomic E-state index is 5.36. The van der Waals surface area contributed by atoms with E-state index >= 15 is 0 Å². The molecular weight excluding hydrogens is 278 g/mol. The van der Waals surface area contributed by atoms with Gasteiger partial charge in [0.25, 0.3) is 0 Å². The number of aryl methyl sites for hydroxylation is 3. The molecule has 3 heterocycles. The molecule has 0 radical (unpaired) electrons. The smallest absolute Gasteiger partial charge is 0.228 e. The Labute approximate surface area is 126 Å². The lowest BCUT2D eigenvalue weighted by Crippen LogP contribution is -2.02. The van der Waals surface area contributed by atoms with E-state index in [-0.39, 0.29) is 0 Å². The SMILES string of the molecule is Cc1ccn(CCc2nc(-c3cccc4[nH]ccc34)no2)n1. The lowest BCUT2D eigenvalue weighted by molar-refractivity contribution is 0.369. The zero-order valence-corrected chi connectivity index (χ0v) is 12.2. The molecule has 0 saturated heterocycles. The van der Waals surface area contributed by atoms with Crippen LogP contribution in [0.2, 0.25) is 0 Å². The molecule has 3 aromatic heterocycles. The first-order chi connectivity index (χ1) is 10.8. The summed E-state index contributed by atoms with van der Waals surface area (Å²) < 4.78 is 7.24. The van der Waals surface area contributed by atoms with E-state index in [0.717, 1.165) is 28.7 Å². The second-order valence-corrected chi connectivity index (χ2v) is 5.23. The van der Waals surface area contributed by atoms with Gasteiger partial charge in [0.2, 0.25) is 11.7 Å². The first kappa shape index (κ1) is 12.8. The Morgan fingerprint density at radius 1 is 1.23 bits per heavy atom. The second kappa shape index (κ2) is 5.14. The number of hydrogen-bond acceptors (Lipinski definition) is 4. The van der Waals surface area contributed by atoms with Crippen molar-refractivity contribution in [3.05, 3.63) is 54.3 Å². The fourth-order valence-electron chi connectivity index (χ4n) is 2.54. The number of nitrogens with one attached hydrogen (secondary N) is 1. The van der Waals surface area contributed by atoms with E-state index in [1.165, 1.54) is 0 Å². The third kappa shape index (κ3) is 2.28. The predicted molar refractivity (Wildman–Crippen MR) is 82.3 cm³/mol. The van der Waals surface area contributed by atoms with Crippen LogP contribution in [0.4, 0.5) is 0 Å². The number of hydrogen-bond donors (Lipinski definition) is 1. The molecule has 1 N–H and O–H groups in total. The zero-order chi connectivity index (χ0) is 14.9. The highest BCUT2D eigenvalue weighted by Crippen LogP contribution is 2.25. The Hall–Kier alpha value is -2.89. The zero-order valence-electron chi connectivity index (χ0n) is 12.2. The van der Waals surface area contributed by atoms with Crippen LogP contribution in [0.3, 0.4) is 0 Å². The summed E-state index contributed by atoms with van der Waals surface area (Å²) in [5, 5.41) is 9.55. The van der Waals surface area contributed by atoms with Crippen LogP contribution in [-0.4, -0.2) is 24.9 Å². The number of rotatable bonds is 4. The quantitative estimate of drug-likeness (QED) is 0.628. The summed E-state index contributed by atoms with van der Waals surface area (Å²) in [4.78, 5) is 7.69. The highest BCUT2D eigenvalue weighted by molar-refractivity contribution is 5.93. The molecule has 0 atom stereocenters. The van der Waals surface area contributed by atoms with E-state index < -0.39 is 0 Å². The van der Waals surface area contributed by atoms with Crippen molar-refractivity contribution in [2.45, 2.75) is 19.9 Å². The van der Waals surface area contributed by atoms with Crippen molar-refractivity contribution in [2.75, 3.05) is 0 Å². The highest BCUT2D eigenvalue weighted by Gasteiger charge is 2.12. The average Bonchev–Trinajstić information content (AvgIpc) is 3.25. The summed E-state index contributed by atoms with van der Waals surface area (Å²) in [5.41, 5.74) is 3.05. The molecule has 22 heavy (non-hydrogen) atoms. The maximum absolute atomic E-state index is 5.36. The molecule has 0 aliphatic rings. The summed E-state index contributed by atoms with van der Waals surface area (Å²) in [7, 11) is 0. The van der Waals surface area contributed by atoms with Gasteiger partial charge in [-0.2, -0.15) is 10.1 Å². The van der Waals surface area contributed by atoms with Gasteiger partial charge < -0.3 is 9.51 Å². The molecular formula is C16H15N5O. The number of nitrogens with zero attached hydrogens (tertiary/aromatic N) is 4. The molecule has 1 aromatic carbocycles. The van der Waals surface area contributed by atoms with E-state index in [1.807, 2.05) is 54.3 Å². The lowest BCUT2D eigenvalue weighted by atomic mass is 10.1. The van der Waals surface area contributed by atoms with Crippen LogP contribution in [-0.2, 0) is 13.0 Å². The molecule has 0 fully saturated rings. The van der Waals surface area contributed by atoms with Crippen LogP contribution in [0.25, 0.3) is 22.3 Å². The molecule has 0 saturated carbocycles. The molecule has 0 unspecified atom stereocenters. The first-order valence-electron chi connectivity index (χ1n) is 7.19. The van der Waals surface area contributed by atoms with E-state index in [0.29, 0.717) is 18.1 Å². The van der Waals surface area contributed by atoms with Crippen molar-refractivity contribution >= 4 is 10.9 Å². The van der Waals surface area contributed by atoms with Gasteiger partial charge in [0, 0.05) is 41.8 Å². The summed E-state index contributed by atoms with van der Waals surface area (Å²) in [6.07, 6.45) is 4.53. The van der Waals surface area contributed by atoms with Crippen molar-refractivity contribution in [1.82, 2.24) is 24.9 Å². The molecule has 0 bridgehead atoms. The summed E-state index contributed by atoms with van der Waals surface area (Å²) >= 11 is 0. The van der Waals surface area contributed by atoms with Crippen LogP contribution in [0.15, 0.2) is 47.2 Å². The molecule has 0 aliphatic heterocycles. The van der Waals surface area contributed by atoms with E-state index in [2.05, 4.69) is 20.2 Å². The van der Waals surface area contributed by atoms with Gasteiger partial charge in [0.15, 0.2) is 0 Å². The van der Waals surface area contributed by atoms with Gasteiger partial charge in [0.1, 0.15) is 0 Å². The van der Waals surface area contributed by atoms with Crippen molar-refractivity contribution < 1.29 is 4.52 Å². The van der Waals surface area contributed by atoms with Gasteiger partial charge in [-0.05, 0) is 25.1 Å². The van der Waals surface area contributed by atoms with Gasteiger partial charge in [-0.1, -0.05) is 17.3 Å². The van der Waals surface area contributed by atoms with Crippen molar-refractivity contribution in [1.29, 1.82) is 0 Å². The van der Waals surface area contributed by atoms with Crippen molar-refractivity contribution in [3.8, 4) is 11.4 Å². The van der Waals surface area contributed by atoms with Gasteiger partial charge >= 0.3 is 0 Å². The van der Waals surface area contributed by atoms with E-state index in [9.17, 15) is 0 Å². The first-order valence-corrected chi connectivity index (χ1v) is 7.19. The van der Waals surface area contributed by atoms with Crippen LogP contribution in [0, 0.1) is 6.92 Å². The van der Waals surface area contributed by atoms with Gasteiger partial charge in [-0.3, -0.25) is 4.68 Å². The Kier molecular flexibility index (Phi) is 3.00. The lowest BCUT2D eigenvalue weighted by Gasteiger charge is -1.97. The normalized spacial score (nSPS) is 11.3. The fourth-order valence-corrected chi connectivity index (χ4v) is 2.54. The minimum Gasteiger partial charge on any atom is -0.361 e. The van der Waals surface area contributed by atoms with Gasteiger partial charge in [-0.25, -0.2) is 0 Å². The number of H-pyrrole nitrogens is 1. The monoisotopic (exact) mass is 293 g/mol. The molecule has 4 aromatic rings. The minimum atomic E-state index is 0.621. The number of fused-ring (bicyclic) bond motifs is 1. The summed E-state index contributed by atoms with van der Waals surface area (Å²) in [6.45, 7) is 2.70. The standard InChI is InChI=1S/C16H15N5O/c1-11-6-9-21(19-11)10-7-15-18-16(20-22-15)13-3-2-4-14-12(13)5-8-17-14/h2-6,8-9,17H,7,10H2,1H3. The van der Waals surface area contributed by atoms with E-state index in [4.69, 9.17) is 4.52 Å². The largest absolute Gasteiger partial charge is 0.361 e. The number of aromatic amines is 1. The maximum Gasteiger partial charge on any atom is 0.228 e. The van der Waals surface area contributed by atoms with Gasteiger partial charge in [0.05, 0.1) is 5.69 Å². The molecule has 6 nitrogen and oxygen atoms in total. The highest BCUT2D eigenvalue weighted by atomic mass is 16.5. The number of benzene rings is 1. The molecule has 0 amide bonds. The third-order valence-electron chi connectivity index (χ3n) is 3.63. The second-order valence-electron chi connectivity index (χ2n) is 5.23. The molecule has 4 rings (SSSR count). The van der Waals surface area contributed by atoms with E-state index in [1.54, 1.807) is 0 Å². The van der Waals surface area contributed by atoms with Crippen molar-refractivity contribution in [2.24, 2.45) is 0 Å². The average molecular weight is 293 g/mol. The van der Waals surface area contributed by atoms with Crippen molar-refractivity contribution in [3.63, 3.8) is 0 Å². The molecule has 0 spiro atoms. The van der Waals surface area contributed by atoms with Crippen LogP contribution in [0.1, 0.15) is 11.6 Å². The Morgan fingerprint density at radius 2 is 2.18 bits per heavy atom. The minimum absolute atomic E-state index is 0.621.